The minimum atomic E-state index is 0.509. The number of rotatable bonds is 1. The zero-order valence-electron chi connectivity index (χ0n) is 8.75. The van der Waals surface area contributed by atoms with Gasteiger partial charge in [0, 0.05) is 12.2 Å². The summed E-state index contributed by atoms with van der Waals surface area (Å²) in [5.74, 6) is 0.975. The van der Waals surface area contributed by atoms with Gasteiger partial charge in [0.05, 0.1) is 24.1 Å². The molecule has 0 atom stereocenters. The Labute approximate surface area is 88.1 Å². The largest absolute Gasteiger partial charge is 0.357 e. The third-order valence-electron chi connectivity index (χ3n) is 3.02. The van der Waals surface area contributed by atoms with Crippen molar-refractivity contribution in [2.75, 3.05) is 0 Å². The molecule has 3 heterocycles. The van der Waals surface area contributed by atoms with Crippen LogP contribution in [0.25, 0.3) is 11.4 Å². The zero-order valence-corrected chi connectivity index (χ0v) is 8.75. The average molecular weight is 202 g/mol. The number of aromatic amines is 1. The Kier molecular flexibility index (Phi) is 1.73. The van der Waals surface area contributed by atoms with E-state index >= 15 is 0 Å². The molecule has 1 aliphatic heterocycles. The third-order valence-corrected chi connectivity index (χ3v) is 3.02. The lowest BCUT2D eigenvalue weighted by Gasteiger charge is -2.16. The van der Waals surface area contributed by atoms with E-state index in [1.807, 2.05) is 6.20 Å². The number of imidazole rings is 1. The lowest BCUT2D eigenvalue weighted by atomic mass is 10.1. The van der Waals surface area contributed by atoms with Gasteiger partial charge >= 0.3 is 0 Å². The Morgan fingerprint density at radius 2 is 2.47 bits per heavy atom. The second-order valence-corrected chi connectivity index (χ2v) is 4.02. The maximum atomic E-state index is 5.65. The summed E-state index contributed by atoms with van der Waals surface area (Å²) in [6.45, 7) is 3.59. The molecule has 3 N–H and O–H groups in total. The van der Waals surface area contributed by atoms with Gasteiger partial charge < -0.3 is 15.3 Å². The molecule has 0 amide bonds. The van der Waals surface area contributed by atoms with Crippen LogP contribution in [0.4, 0.5) is 0 Å². The molecule has 0 saturated carbocycles. The lowest BCUT2D eigenvalue weighted by Crippen LogP contribution is -2.14. The number of aromatic nitrogens is 3. The van der Waals surface area contributed by atoms with Crippen molar-refractivity contribution in [3.63, 3.8) is 0 Å². The van der Waals surface area contributed by atoms with Crippen LogP contribution in [0.15, 0.2) is 12.3 Å². The van der Waals surface area contributed by atoms with Crippen molar-refractivity contribution in [1.82, 2.24) is 14.5 Å². The predicted octanol–water partition coefficient (Wildman–Crippen LogP) is 1.20. The Morgan fingerprint density at radius 3 is 3.27 bits per heavy atom. The fraction of sp³-hybridized carbons (Fsp3) is 0.364. The Morgan fingerprint density at radius 1 is 1.60 bits per heavy atom. The molecule has 4 nitrogen and oxygen atoms in total. The van der Waals surface area contributed by atoms with E-state index in [2.05, 4.69) is 27.5 Å². The highest BCUT2D eigenvalue weighted by atomic mass is 15.1. The van der Waals surface area contributed by atoms with Crippen molar-refractivity contribution in [2.24, 2.45) is 5.73 Å². The highest BCUT2D eigenvalue weighted by Gasteiger charge is 2.20. The van der Waals surface area contributed by atoms with Gasteiger partial charge in [-0.25, -0.2) is 4.98 Å². The molecule has 0 fully saturated rings. The molecule has 78 valence electrons. The molecule has 0 aromatic carbocycles. The van der Waals surface area contributed by atoms with E-state index in [-0.39, 0.29) is 0 Å². The maximum absolute atomic E-state index is 5.65. The summed E-state index contributed by atoms with van der Waals surface area (Å²) in [4.78, 5) is 7.73. The summed E-state index contributed by atoms with van der Waals surface area (Å²) in [5.41, 5.74) is 10.6. The molecular weight excluding hydrogens is 188 g/mol. The highest BCUT2D eigenvalue weighted by molar-refractivity contribution is 5.62. The summed E-state index contributed by atoms with van der Waals surface area (Å²) >= 11 is 0. The van der Waals surface area contributed by atoms with Crippen LogP contribution in [0.2, 0.25) is 0 Å². The maximum Gasteiger partial charge on any atom is 0.122 e. The number of fused-ring (bicyclic) bond motifs is 3. The summed E-state index contributed by atoms with van der Waals surface area (Å²) in [6, 6.07) is 2.22. The van der Waals surface area contributed by atoms with E-state index in [0.29, 0.717) is 6.54 Å². The normalized spacial score (nSPS) is 13.7. The first-order valence-corrected chi connectivity index (χ1v) is 5.23. The van der Waals surface area contributed by atoms with E-state index in [1.54, 1.807) is 0 Å². The van der Waals surface area contributed by atoms with Crippen LogP contribution in [0.1, 0.15) is 17.1 Å². The van der Waals surface area contributed by atoms with Gasteiger partial charge in [0.1, 0.15) is 5.82 Å². The monoisotopic (exact) mass is 202 g/mol. The van der Waals surface area contributed by atoms with E-state index in [9.17, 15) is 0 Å². The topological polar surface area (TPSA) is 59.6 Å². The van der Waals surface area contributed by atoms with Crippen molar-refractivity contribution >= 4 is 0 Å². The quantitative estimate of drug-likeness (QED) is 0.730. The van der Waals surface area contributed by atoms with Crippen molar-refractivity contribution in [1.29, 1.82) is 0 Å². The molecule has 3 rings (SSSR count). The predicted molar refractivity (Wildman–Crippen MR) is 58.3 cm³/mol. The molecule has 15 heavy (non-hydrogen) atoms. The molecular formula is C11H14N4. The number of nitrogens with two attached hydrogens (primary N) is 1. The lowest BCUT2D eigenvalue weighted by molar-refractivity contribution is 0.643. The molecule has 0 aliphatic carbocycles. The van der Waals surface area contributed by atoms with Crippen LogP contribution >= 0.6 is 0 Å². The van der Waals surface area contributed by atoms with Crippen LogP contribution in [0.5, 0.6) is 0 Å². The first-order valence-electron chi connectivity index (χ1n) is 5.23. The van der Waals surface area contributed by atoms with Crippen LogP contribution in [-0.4, -0.2) is 14.5 Å². The number of hydrogen-bond donors (Lipinski definition) is 2. The summed E-state index contributed by atoms with van der Waals surface area (Å²) in [6.07, 6.45) is 2.98. The molecule has 2 aromatic rings. The van der Waals surface area contributed by atoms with Gasteiger partial charge in [-0.05, 0) is 25.0 Å². The number of nitrogens with zero attached hydrogens (tertiary/aromatic N) is 2. The van der Waals surface area contributed by atoms with E-state index in [4.69, 9.17) is 5.73 Å². The van der Waals surface area contributed by atoms with Gasteiger partial charge in [0.2, 0.25) is 0 Å². The smallest absolute Gasteiger partial charge is 0.122 e. The summed E-state index contributed by atoms with van der Waals surface area (Å²) < 4.78 is 2.21. The van der Waals surface area contributed by atoms with Gasteiger partial charge in [0.15, 0.2) is 0 Å². The first kappa shape index (κ1) is 8.73. The van der Waals surface area contributed by atoms with Crippen molar-refractivity contribution < 1.29 is 0 Å². The number of aryl methyl sites for hydroxylation is 2. The van der Waals surface area contributed by atoms with Crippen molar-refractivity contribution in [3.05, 3.63) is 29.3 Å². The van der Waals surface area contributed by atoms with Crippen LogP contribution < -0.4 is 5.73 Å². The molecule has 0 saturated heterocycles. The Bertz CT molecular complexity index is 507. The third kappa shape index (κ3) is 1.15. The van der Waals surface area contributed by atoms with Crippen LogP contribution in [0, 0.1) is 6.92 Å². The standard InChI is InChI=1S/C11H14N4/c1-7-4-8-2-3-15-9(11(8)14-7)6-13-10(15)5-12/h4,6,14H,2-3,5,12H2,1H3. The first-order chi connectivity index (χ1) is 7.29. The van der Waals surface area contributed by atoms with E-state index in [0.717, 1.165) is 18.8 Å². The molecule has 2 aromatic heterocycles. The second kappa shape index (κ2) is 2.97. The number of hydrogen-bond acceptors (Lipinski definition) is 2. The second-order valence-electron chi connectivity index (χ2n) is 4.02. The van der Waals surface area contributed by atoms with Gasteiger partial charge in [-0.3, -0.25) is 0 Å². The summed E-state index contributed by atoms with van der Waals surface area (Å²) in [5, 5.41) is 0. The molecule has 0 bridgehead atoms. The molecule has 1 aliphatic rings. The van der Waals surface area contributed by atoms with Crippen LogP contribution in [-0.2, 0) is 19.5 Å². The molecule has 0 radical (unpaired) electrons. The minimum absolute atomic E-state index is 0.509. The van der Waals surface area contributed by atoms with E-state index in [1.165, 1.54) is 22.6 Å². The van der Waals surface area contributed by atoms with Gasteiger partial charge in [-0.1, -0.05) is 0 Å². The van der Waals surface area contributed by atoms with Crippen molar-refractivity contribution in [3.8, 4) is 11.4 Å². The molecule has 0 spiro atoms. The number of H-pyrrole nitrogens is 1. The zero-order chi connectivity index (χ0) is 10.4. The molecule has 0 unspecified atom stereocenters. The van der Waals surface area contributed by atoms with Gasteiger partial charge in [-0.2, -0.15) is 0 Å². The van der Waals surface area contributed by atoms with Crippen LogP contribution in [0.3, 0.4) is 0 Å². The minimum Gasteiger partial charge on any atom is -0.357 e. The van der Waals surface area contributed by atoms with Gasteiger partial charge in [-0.15, -0.1) is 0 Å². The van der Waals surface area contributed by atoms with Gasteiger partial charge in [0.25, 0.3) is 0 Å². The Balaban J connectivity index is 2.21. The van der Waals surface area contributed by atoms with Crippen molar-refractivity contribution in [2.45, 2.75) is 26.4 Å². The fourth-order valence-corrected chi connectivity index (χ4v) is 2.33. The summed E-state index contributed by atoms with van der Waals surface area (Å²) in [7, 11) is 0. The number of nitrogens with one attached hydrogen (secondary N) is 1. The SMILES string of the molecule is Cc1cc2c([nH]1)-c1cnc(CN)n1CC2. The average Bonchev–Trinajstić information content (AvgIpc) is 2.78. The molecule has 4 heteroatoms. The Hall–Kier alpha value is -1.55. The fourth-order valence-electron chi connectivity index (χ4n) is 2.33. The van der Waals surface area contributed by atoms with E-state index < -0.39 is 0 Å². The highest BCUT2D eigenvalue weighted by Crippen LogP contribution is 2.29.